The fraction of sp³-hybridized carbons (Fsp3) is 0.103. The Morgan fingerprint density at radius 2 is 1.69 bits per heavy atom. The highest BCUT2D eigenvalue weighted by Crippen LogP contribution is 2.35. The molecule has 0 aliphatic carbocycles. The number of rotatable bonds is 7. The first kappa shape index (κ1) is 24.6. The number of thiocarbonyl (C=S) groups is 1. The summed E-state index contributed by atoms with van der Waals surface area (Å²) in [6, 6.07) is 28.0. The Kier molecular flexibility index (Phi) is 7.41. The Labute approximate surface area is 228 Å². The second-order valence-electron chi connectivity index (χ2n) is 8.28. The molecule has 1 heterocycles. The molecule has 0 spiro atoms. The highest BCUT2D eigenvalue weighted by molar-refractivity contribution is 9.10. The highest BCUT2D eigenvalue weighted by Gasteiger charge is 2.32. The quantitative estimate of drug-likeness (QED) is 0.167. The number of halogens is 1. The average molecular weight is 577 g/mol. The minimum absolute atomic E-state index is 0.0893. The van der Waals surface area contributed by atoms with Gasteiger partial charge in [0.2, 0.25) is 0 Å². The second kappa shape index (κ2) is 10.9. The van der Waals surface area contributed by atoms with Gasteiger partial charge in [0.05, 0.1) is 23.0 Å². The number of nitrogens with zero attached hydrogens (tertiary/aromatic N) is 1. The third kappa shape index (κ3) is 5.48. The molecule has 5 rings (SSSR count). The summed E-state index contributed by atoms with van der Waals surface area (Å²) in [5, 5.41) is 2.40. The van der Waals surface area contributed by atoms with Crippen molar-refractivity contribution in [2.45, 2.75) is 13.2 Å². The zero-order valence-electron chi connectivity index (χ0n) is 19.4. The SMILES string of the molecule is COc1ccc(CN2C(=O)C(=Cc3ccc(OCc4ccc5ccccc5c4)c(Br)c3)SC2=S)cc1. The fourth-order valence-electron chi connectivity index (χ4n) is 3.91. The van der Waals surface area contributed by atoms with Gasteiger partial charge in [0.25, 0.3) is 5.91 Å². The Morgan fingerprint density at radius 3 is 2.44 bits per heavy atom. The molecule has 36 heavy (non-hydrogen) atoms. The van der Waals surface area contributed by atoms with E-state index >= 15 is 0 Å². The van der Waals surface area contributed by atoms with Gasteiger partial charge < -0.3 is 9.47 Å². The first-order valence-corrected chi connectivity index (χ1v) is 13.3. The fourth-order valence-corrected chi connectivity index (χ4v) is 5.68. The minimum Gasteiger partial charge on any atom is -0.497 e. The van der Waals surface area contributed by atoms with E-state index in [1.54, 1.807) is 12.0 Å². The molecule has 0 bridgehead atoms. The average Bonchev–Trinajstić information content (AvgIpc) is 3.15. The van der Waals surface area contributed by atoms with Gasteiger partial charge in [-0.25, -0.2) is 0 Å². The van der Waals surface area contributed by atoms with Crippen LogP contribution in [0.15, 0.2) is 94.3 Å². The molecule has 4 aromatic rings. The number of methoxy groups -OCH3 is 1. The Hall–Kier alpha value is -3.13. The maximum Gasteiger partial charge on any atom is 0.266 e. The number of ether oxygens (including phenoxy) is 2. The van der Waals surface area contributed by atoms with Crippen molar-refractivity contribution in [2.24, 2.45) is 0 Å². The van der Waals surface area contributed by atoms with Gasteiger partial charge >= 0.3 is 0 Å². The number of thioether (sulfide) groups is 1. The standard InChI is InChI=1S/C29H22BrNO3S2/c1-33-24-11-7-19(8-12-24)17-31-28(32)27(36-29(31)35)16-20-9-13-26(25(30)15-20)34-18-21-6-10-22-4-2-3-5-23(22)14-21/h2-16H,17-18H2,1H3. The van der Waals surface area contributed by atoms with Crippen LogP contribution in [-0.2, 0) is 17.9 Å². The number of benzene rings is 4. The molecule has 1 saturated heterocycles. The smallest absolute Gasteiger partial charge is 0.266 e. The predicted octanol–water partition coefficient (Wildman–Crippen LogP) is 7.59. The molecule has 180 valence electrons. The van der Waals surface area contributed by atoms with Crippen molar-refractivity contribution in [1.29, 1.82) is 0 Å². The highest BCUT2D eigenvalue weighted by atomic mass is 79.9. The van der Waals surface area contributed by atoms with E-state index in [1.165, 1.54) is 22.5 Å². The van der Waals surface area contributed by atoms with Gasteiger partial charge in [-0.15, -0.1) is 0 Å². The van der Waals surface area contributed by atoms with Crippen molar-refractivity contribution >= 4 is 67.0 Å². The van der Waals surface area contributed by atoms with E-state index in [0.717, 1.165) is 32.7 Å². The van der Waals surface area contributed by atoms with Crippen molar-refractivity contribution in [2.75, 3.05) is 7.11 Å². The molecular weight excluding hydrogens is 554 g/mol. The Morgan fingerprint density at radius 1 is 0.944 bits per heavy atom. The summed E-state index contributed by atoms with van der Waals surface area (Å²) in [4.78, 5) is 15.3. The Bertz CT molecular complexity index is 1480. The molecule has 1 aliphatic heterocycles. The molecule has 0 atom stereocenters. The number of amides is 1. The monoisotopic (exact) mass is 575 g/mol. The van der Waals surface area contributed by atoms with E-state index in [-0.39, 0.29) is 5.91 Å². The summed E-state index contributed by atoms with van der Waals surface area (Å²) in [6.07, 6.45) is 1.87. The maximum atomic E-state index is 13.0. The molecule has 0 aromatic heterocycles. The van der Waals surface area contributed by atoms with Crippen LogP contribution in [0.25, 0.3) is 16.8 Å². The van der Waals surface area contributed by atoms with Crippen LogP contribution in [0.4, 0.5) is 0 Å². The van der Waals surface area contributed by atoms with Crippen molar-refractivity contribution < 1.29 is 14.3 Å². The summed E-state index contributed by atoms with van der Waals surface area (Å²) >= 11 is 10.4. The van der Waals surface area contributed by atoms with Crippen LogP contribution in [0.3, 0.4) is 0 Å². The van der Waals surface area contributed by atoms with Gasteiger partial charge in [-0.1, -0.05) is 78.6 Å². The topological polar surface area (TPSA) is 38.8 Å². The maximum absolute atomic E-state index is 13.0. The predicted molar refractivity (Wildman–Crippen MR) is 154 cm³/mol. The van der Waals surface area contributed by atoms with Crippen LogP contribution >= 0.6 is 39.9 Å². The summed E-state index contributed by atoms with van der Waals surface area (Å²) in [7, 11) is 1.63. The van der Waals surface area contributed by atoms with Crippen LogP contribution in [-0.4, -0.2) is 22.2 Å². The van der Waals surface area contributed by atoms with E-state index in [9.17, 15) is 4.79 Å². The lowest BCUT2D eigenvalue weighted by molar-refractivity contribution is -0.122. The molecule has 0 radical (unpaired) electrons. The van der Waals surface area contributed by atoms with E-state index in [1.807, 2.05) is 60.7 Å². The molecule has 0 saturated carbocycles. The van der Waals surface area contributed by atoms with E-state index < -0.39 is 0 Å². The molecule has 4 aromatic carbocycles. The second-order valence-corrected chi connectivity index (χ2v) is 10.8. The number of hydrogen-bond donors (Lipinski definition) is 0. The molecule has 1 fully saturated rings. The lowest BCUT2D eigenvalue weighted by Gasteiger charge is -2.14. The molecule has 0 unspecified atom stereocenters. The van der Waals surface area contributed by atoms with Gasteiger partial charge in [-0.3, -0.25) is 9.69 Å². The van der Waals surface area contributed by atoms with Crippen LogP contribution in [0, 0.1) is 0 Å². The van der Waals surface area contributed by atoms with Crippen molar-refractivity contribution in [1.82, 2.24) is 4.90 Å². The van der Waals surface area contributed by atoms with Crippen molar-refractivity contribution in [3.05, 3.63) is 111 Å². The van der Waals surface area contributed by atoms with Gasteiger partial charge in [0.1, 0.15) is 22.4 Å². The van der Waals surface area contributed by atoms with Crippen LogP contribution < -0.4 is 9.47 Å². The number of carbonyl (C=O) groups excluding carboxylic acids is 1. The third-order valence-corrected chi connectivity index (χ3v) is 7.83. The summed E-state index contributed by atoms with van der Waals surface area (Å²) < 4.78 is 12.6. The largest absolute Gasteiger partial charge is 0.497 e. The number of hydrogen-bond acceptors (Lipinski definition) is 5. The van der Waals surface area contributed by atoms with Crippen molar-refractivity contribution in [3.63, 3.8) is 0 Å². The molecule has 4 nitrogen and oxygen atoms in total. The van der Waals surface area contributed by atoms with E-state index in [4.69, 9.17) is 21.7 Å². The zero-order valence-corrected chi connectivity index (χ0v) is 22.7. The molecule has 1 amide bonds. The summed E-state index contributed by atoms with van der Waals surface area (Å²) in [6.45, 7) is 0.893. The normalized spacial score (nSPS) is 14.6. The lowest BCUT2D eigenvalue weighted by Crippen LogP contribution is -2.27. The third-order valence-electron chi connectivity index (χ3n) is 5.84. The molecule has 0 N–H and O–H groups in total. The first-order valence-electron chi connectivity index (χ1n) is 11.3. The molecular formula is C29H22BrNO3S2. The molecule has 7 heteroatoms. The number of fused-ring (bicyclic) bond motifs is 1. The van der Waals surface area contributed by atoms with Gasteiger partial charge in [0, 0.05) is 0 Å². The van der Waals surface area contributed by atoms with E-state index in [2.05, 4.69) is 46.3 Å². The van der Waals surface area contributed by atoms with E-state index in [0.29, 0.717) is 22.4 Å². The van der Waals surface area contributed by atoms with Crippen LogP contribution in [0.1, 0.15) is 16.7 Å². The Balaban J connectivity index is 1.26. The summed E-state index contributed by atoms with van der Waals surface area (Å²) in [5.74, 6) is 1.43. The van der Waals surface area contributed by atoms with Gasteiger partial charge in [-0.05, 0) is 79.8 Å². The first-order chi connectivity index (χ1) is 17.5. The van der Waals surface area contributed by atoms with Crippen molar-refractivity contribution in [3.8, 4) is 11.5 Å². The lowest BCUT2D eigenvalue weighted by atomic mass is 10.1. The summed E-state index contributed by atoms with van der Waals surface area (Å²) in [5.41, 5.74) is 2.99. The van der Waals surface area contributed by atoms with Crippen LogP contribution in [0.5, 0.6) is 11.5 Å². The van der Waals surface area contributed by atoms with Gasteiger partial charge in [-0.2, -0.15) is 0 Å². The zero-order chi connectivity index (χ0) is 25.1. The molecule has 1 aliphatic rings. The van der Waals surface area contributed by atoms with Crippen LogP contribution in [0.2, 0.25) is 0 Å². The number of carbonyl (C=O) groups is 1. The minimum atomic E-state index is -0.0893. The van der Waals surface area contributed by atoms with Gasteiger partial charge in [0.15, 0.2) is 0 Å².